The lowest BCUT2D eigenvalue weighted by atomic mass is 9.96. The van der Waals surface area contributed by atoms with Gasteiger partial charge in [0.2, 0.25) is 5.91 Å². The summed E-state index contributed by atoms with van der Waals surface area (Å²) in [6.07, 6.45) is -5.88. The second-order valence-corrected chi connectivity index (χ2v) is 8.05. The van der Waals surface area contributed by atoms with Gasteiger partial charge >= 0.3 is 17.8 Å². The molecule has 0 bridgehead atoms. The lowest BCUT2D eigenvalue weighted by molar-refractivity contribution is -0.192. The monoisotopic (exact) mass is 540 g/mol. The zero-order valence-corrected chi connectivity index (χ0v) is 19.7. The molecule has 0 saturated heterocycles. The van der Waals surface area contributed by atoms with E-state index in [4.69, 9.17) is 15.6 Å². The SMILES string of the molecule is CN1C(=O)CCc2cc(-c3cccc(-n4nnn(CC(CN)=C(F)F)c4=O)c3)ccc21.O=C(O)C(F)(F)F. The first-order valence-corrected chi connectivity index (χ1v) is 10.9. The van der Waals surface area contributed by atoms with Crippen molar-refractivity contribution < 1.29 is 36.6 Å². The number of hydrogen-bond donors (Lipinski definition) is 2. The van der Waals surface area contributed by atoms with Gasteiger partial charge in [0.05, 0.1) is 12.2 Å². The standard InChI is InChI=1S/C21H20F2N6O2.C2HF3O2/c1-27-18-7-5-14(9-15(18)6-8-19(27)30)13-3-2-4-17(10-13)29-21(31)28(25-26-29)12-16(11-24)20(22)23;3-2(4,5)1(6)7/h2-5,7,9-10H,6,8,11-12,24H2,1H3;(H,6,7). The number of rotatable bonds is 5. The number of benzene rings is 2. The lowest BCUT2D eigenvalue weighted by Crippen LogP contribution is -2.30. The van der Waals surface area contributed by atoms with E-state index in [9.17, 15) is 31.5 Å². The van der Waals surface area contributed by atoms with Gasteiger partial charge in [0, 0.05) is 31.3 Å². The van der Waals surface area contributed by atoms with E-state index in [1.54, 1.807) is 30.1 Å². The molecule has 0 aliphatic carbocycles. The number of amides is 1. The summed E-state index contributed by atoms with van der Waals surface area (Å²) in [6, 6.07) is 13.0. The van der Waals surface area contributed by atoms with E-state index in [0.717, 1.165) is 31.7 Å². The number of carbonyl (C=O) groups is 2. The minimum absolute atomic E-state index is 0.0880. The smallest absolute Gasteiger partial charge is 0.475 e. The molecular weight excluding hydrogens is 519 g/mol. The maximum atomic E-state index is 12.9. The van der Waals surface area contributed by atoms with Crippen molar-refractivity contribution >= 4 is 17.6 Å². The van der Waals surface area contributed by atoms with Crippen LogP contribution in [0.2, 0.25) is 0 Å². The molecule has 38 heavy (non-hydrogen) atoms. The third kappa shape index (κ3) is 6.29. The van der Waals surface area contributed by atoms with Gasteiger partial charge < -0.3 is 15.7 Å². The average molecular weight is 540 g/mol. The van der Waals surface area contributed by atoms with Crippen LogP contribution in [0.1, 0.15) is 12.0 Å². The number of carbonyl (C=O) groups excluding carboxylic acids is 1. The third-order valence-electron chi connectivity index (χ3n) is 5.58. The summed E-state index contributed by atoms with van der Waals surface area (Å²) in [7, 11) is 1.76. The summed E-state index contributed by atoms with van der Waals surface area (Å²) in [5, 5.41) is 14.6. The van der Waals surface area contributed by atoms with Crippen molar-refractivity contribution in [1.29, 1.82) is 0 Å². The predicted molar refractivity (Wildman–Crippen MR) is 125 cm³/mol. The van der Waals surface area contributed by atoms with Crippen molar-refractivity contribution in [1.82, 2.24) is 19.8 Å². The summed E-state index contributed by atoms with van der Waals surface area (Å²) < 4.78 is 59.4. The quantitative estimate of drug-likeness (QED) is 0.475. The Morgan fingerprint density at radius 1 is 1.05 bits per heavy atom. The molecule has 1 amide bonds. The van der Waals surface area contributed by atoms with E-state index in [0.29, 0.717) is 18.5 Å². The topological polar surface area (TPSA) is 136 Å². The van der Waals surface area contributed by atoms with Crippen LogP contribution in [0.4, 0.5) is 27.6 Å². The van der Waals surface area contributed by atoms with Crippen LogP contribution in [-0.4, -0.2) is 56.5 Å². The van der Waals surface area contributed by atoms with Crippen molar-refractivity contribution in [3.63, 3.8) is 0 Å². The van der Waals surface area contributed by atoms with E-state index in [2.05, 4.69) is 10.4 Å². The predicted octanol–water partition coefficient (Wildman–Crippen LogP) is 2.75. The van der Waals surface area contributed by atoms with Crippen LogP contribution < -0.4 is 16.3 Å². The molecule has 1 aromatic heterocycles. The molecule has 0 saturated carbocycles. The fourth-order valence-electron chi connectivity index (χ4n) is 3.57. The van der Waals surface area contributed by atoms with E-state index in [-0.39, 0.29) is 18.0 Å². The number of aromatic nitrogens is 4. The molecular formula is C23H21F5N6O4. The molecule has 2 heterocycles. The van der Waals surface area contributed by atoms with Crippen LogP contribution in [0.3, 0.4) is 0 Å². The summed E-state index contributed by atoms with van der Waals surface area (Å²) in [4.78, 5) is 35.1. The zero-order valence-electron chi connectivity index (χ0n) is 19.7. The largest absolute Gasteiger partial charge is 0.490 e. The maximum absolute atomic E-state index is 12.9. The maximum Gasteiger partial charge on any atom is 0.490 e. The molecule has 15 heteroatoms. The third-order valence-corrected chi connectivity index (χ3v) is 5.58. The summed E-state index contributed by atoms with van der Waals surface area (Å²) in [5.41, 5.74) is 8.48. The Hall–Kier alpha value is -4.40. The highest BCUT2D eigenvalue weighted by atomic mass is 19.4. The Morgan fingerprint density at radius 3 is 2.32 bits per heavy atom. The number of carboxylic acids is 1. The molecule has 3 N–H and O–H groups in total. The molecule has 2 aromatic carbocycles. The number of tetrazole rings is 1. The Bertz CT molecular complexity index is 1440. The Balaban J connectivity index is 0.000000505. The fourth-order valence-corrected chi connectivity index (χ4v) is 3.57. The van der Waals surface area contributed by atoms with Gasteiger partial charge in [0.15, 0.2) is 0 Å². The molecule has 0 fully saturated rings. The number of halogens is 5. The van der Waals surface area contributed by atoms with E-state index in [1.165, 1.54) is 0 Å². The van der Waals surface area contributed by atoms with Crippen LogP contribution >= 0.6 is 0 Å². The molecule has 0 radical (unpaired) electrons. The van der Waals surface area contributed by atoms with Gasteiger partial charge in [0.25, 0.3) is 6.08 Å². The van der Waals surface area contributed by atoms with Crippen LogP contribution in [0.25, 0.3) is 16.8 Å². The Morgan fingerprint density at radius 2 is 1.71 bits per heavy atom. The highest BCUT2D eigenvalue weighted by molar-refractivity contribution is 5.96. The number of nitrogens with zero attached hydrogens (tertiary/aromatic N) is 5. The van der Waals surface area contributed by atoms with Gasteiger partial charge in [-0.3, -0.25) is 4.79 Å². The molecule has 10 nitrogen and oxygen atoms in total. The van der Waals surface area contributed by atoms with E-state index >= 15 is 0 Å². The highest BCUT2D eigenvalue weighted by Crippen LogP contribution is 2.31. The number of aliphatic carboxylic acids is 1. The first kappa shape index (κ1) is 28.2. The number of nitrogens with two attached hydrogens (primary N) is 1. The van der Waals surface area contributed by atoms with Crippen LogP contribution in [0, 0.1) is 0 Å². The Kier molecular flexibility index (Phi) is 8.40. The molecule has 1 aliphatic heterocycles. The number of carboxylic acid groups (broad SMARTS) is 1. The molecule has 202 valence electrons. The average Bonchev–Trinajstić information content (AvgIpc) is 3.24. The number of anilines is 1. The van der Waals surface area contributed by atoms with Crippen molar-refractivity contribution in [2.75, 3.05) is 18.5 Å². The summed E-state index contributed by atoms with van der Waals surface area (Å²) in [5.74, 6) is -2.67. The van der Waals surface area contributed by atoms with Crippen molar-refractivity contribution in [2.45, 2.75) is 25.6 Å². The second-order valence-electron chi connectivity index (χ2n) is 8.05. The highest BCUT2D eigenvalue weighted by Gasteiger charge is 2.38. The second kappa shape index (κ2) is 11.3. The lowest BCUT2D eigenvalue weighted by Gasteiger charge is -2.26. The number of hydrogen-bond acceptors (Lipinski definition) is 6. The molecule has 3 aromatic rings. The van der Waals surface area contributed by atoms with Crippen LogP contribution in [-0.2, 0) is 22.6 Å². The first-order chi connectivity index (χ1) is 17.8. The number of aryl methyl sites for hydroxylation is 1. The molecule has 4 rings (SSSR count). The van der Waals surface area contributed by atoms with Crippen molar-refractivity contribution in [3.05, 3.63) is 70.2 Å². The summed E-state index contributed by atoms with van der Waals surface area (Å²) in [6.45, 7) is -0.801. The molecule has 0 unspecified atom stereocenters. The fraction of sp³-hybridized carbons (Fsp3) is 0.261. The number of fused-ring (bicyclic) bond motifs is 1. The Labute approximate surface area is 211 Å². The van der Waals surface area contributed by atoms with Gasteiger partial charge in [-0.2, -0.15) is 31.3 Å². The van der Waals surface area contributed by atoms with E-state index < -0.39 is 30.5 Å². The van der Waals surface area contributed by atoms with Gasteiger partial charge in [0.1, 0.15) is 0 Å². The van der Waals surface area contributed by atoms with Crippen molar-refractivity contribution in [2.24, 2.45) is 5.73 Å². The minimum atomic E-state index is -5.08. The van der Waals surface area contributed by atoms with Gasteiger partial charge in [-0.15, -0.1) is 0 Å². The van der Waals surface area contributed by atoms with Crippen molar-refractivity contribution in [3.8, 4) is 16.8 Å². The van der Waals surface area contributed by atoms with E-state index in [1.807, 2.05) is 24.3 Å². The van der Waals surface area contributed by atoms with Crippen LogP contribution in [0.5, 0.6) is 0 Å². The van der Waals surface area contributed by atoms with Gasteiger partial charge in [-0.05, 0) is 57.8 Å². The zero-order chi connectivity index (χ0) is 28.2. The normalized spacial score (nSPS) is 12.9. The summed E-state index contributed by atoms with van der Waals surface area (Å²) >= 11 is 0. The number of alkyl halides is 3. The molecule has 1 aliphatic rings. The molecule has 0 spiro atoms. The van der Waals surface area contributed by atoms with Crippen LogP contribution in [0.15, 0.2) is 58.9 Å². The van der Waals surface area contributed by atoms with Gasteiger partial charge in [-0.1, -0.05) is 18.2 Å². The molecule has 0 atom stereocenters. The van der Waals surface area contributed by atoms with Gasteiger partial charge in [-0.25, -0.2) is 9.59 Å². The first-order valence-electron chi connectivity index (χ1n) is 10.9. The minimum Gasteiger partial charge on any atom is -0.475 e.